The second-order valence-corrected chi connectivity index (χ2v) is 6.71. The van der Waals surface area contributed by atoms with E-state index in [0.29, 0.717) is 6.26 Å². The molecule has 1 N–H and O–H groups in total. The van der Waals surface area contributed by atoms with Gasteiger partial charge in [-0.2, -0.15) is 8.42 Å². The molecule has 0 amide bonds. The van der Waals surface area contributed by atoms with Crippen molar-refractivity contribution in [2.45, 2.75) is 65.3 Å². The standard InChI is InChI=1S/C15H26N.CH4O3S/c1-3-5-6-7-8-10-13-16-14-11-9-12-15(16)4-2;1-5(2,3)4/h9,11-12,14H,3-8,10,13H2,1-2H3;1H3,(H,2,3,4)/q+1;. The molecule has 0 aliphatic rings. The highest BCUT2D eigenvalue weighted by Crippen LogP contribution is 2.05. The first-order valence-corrected chi connectivity index (χ1v) is 9.63. The van der Waals surface area contributed by atoms with E-state index in [0.717, 1.165) is 6.42 Å². The molecule has 1 rings (SSSR count). The summed E-state index contributed by atoms with van der Waals surface area (Å²) < 4.78 is 28.3. The summed E-state index contributed by atoms with van der Waals surface area (Å²) in [5, 5.41) is 0. The predicted octanol–water partition coefficient (Wildman–Crippen LogP) is 3.40. The third-order valence-corrected chi connectivity index (χ3v) is 3.15. The number of aryl methyl sites for hydroxylation is 2. The van der Waals surface area contributed by atoms with Crippen LogP contribution < -0.4 is 4.57 Å². The van der Waals surface area contributed by atoms with Crippen LogP contribution in [0.15, 0.2) is 24.4 Å². The molecule has 0 unspecified atom stereocenters. The van der Waals surface area contributed by atoms with Gasteiger partial charge in [-0.25, -0.2) is 4.57 Å². The lowest BCUT2D eigenvalue weighted by molar-refractivity contribution is -0.704. The lowest BCUT2D eigenvalue weighted by Gasteiger charge is -2.02. The topological polar surface area (TPSA) is 58.2 Å². The third kappa shape index (κ3) is 13.8. The molecule has 0 aliphatic carbocycles. The highest BCUT2D eigenvalue weighted by molar-refractivity contribution is 7.85. The van der Waals surface area contributed by atoms with Gasteiger partial charge in [0.2, 0.25) is 0 Å². The molecule has 0 atom stereocenters. The second-order valence-electron chi connectivity index (χ2n) is 5.24. The average Bonchev–Trinajstić information content (AvgIpc) is 2.41. The van der Waals surface area contributed by atoms with Gasteiger partial charge in [0.15, 0.2) is 11.9 Å². The smallest absolute Gasteiger partial charge is 0.261 e. The molecule has 21 heavy (non-hydrogen) atoms. The molecule has 0 aromatic carbocycles. The number of hydrogen-bond donors (Lipinski definition) is 1. The Kier molecular flexibility index (Phi) is 11.2. The molecule has 1 heterocycles. The molecule has 0 spiro atoms. The quantitative estimate of drug-likeness (QED) is 0.454. The second kappa shape index (κ2) is 11.7. The first-order chi connectivity index (χ1) is 9.88. The van der Waals surface area contributed by atoms with Gasteiger partial charge < -0.3 is 0 Å². The van der Waals surface area contributed by atoms with Crippen LogP contribution in [0.5, 0.6) is 0 Å². The lowest BCUT2D eigenvalue weighted by Crippen LogP contribution is -2.37. The summed E-state index contributed by atoms with van der Waals surface area (Å²) in [5.41, 5.74) is 1.45. The van der Waals surface area contributed by atoms with Crippen molar-refractivity contribution in [1.82, 2.24) is 0 Å². The maximum absolute atomic E-state index is 9.19. The van der Waals surface area contributed by atoms with Gasteiger partial charge in [-0.1, -0.05) is 45.6 Å². The van der Waals surface area contributed by atoms with Crippen LogP contribution in [0.1, 0.15) is 58.1 Å². The number of rotatable bonds is 8. The molecule has 1 aromatic heterocycles. The molecule has 4 nitrogen and oxygen atoms in total. The van der Waals surface area contributed by atoms with Gasteiger partial charge in [-0.3, -0.25) is 4.55 Å². The van der Waals surface area contributed by atoms with E-state index < -0.39 is 10.1 Å². The Hall–Kier alpha value is -0.940. The zero-order valence-corrected chi connectivity index (χ0v) is 14.4. The number of pyridine rings is 1. The molecule has 0 aliphatic heterocycles. The molecule has 5 heteroatoms. The average molecular weight is 316 g/mol. The summed E-state index contributed by atoms with van der Waals surface area (Å²) in [6, 6.07) is 6.50. The minimum absolute atomic E-state index is 0.715. The third-order valence-electron chi connectivity index (χ3n) is 3.15. The zero-order chi connectivity index (χ0) is 16.1. The first-order valence-electron chi connectivity index (χ1n) is 7.78. The number of aromatic nitrogens is 1. The molecular weight excluding hydrogens is 286 g/mol. The fourth-order valence-electron chi connectivity index (χ4n) is 2.11. The minimum atomic E-state index is -3.67. The van der Waals surface area contributed by atoms with E-state index in [4.69, 9.17) is 4.55 Å². The van der Waals surface area contributed by atoms with E-state index in [1.165, 1.54) is 50.8 Å². The number of unbranched alkanes of at least 4 members (excludes halogenated alkanes) is 5. The number of nitrogens with zero attached hydrogens (tertiary/aromatic N) is 1. The molecule has 0 fully saturated rings. The first kappa shape index (κ1) is 20.1. The van der Waals surface area contributed by atoms with Gasteiger partial charge in [0.05, 0.1) is 6.26 Å². The molecule has 0 saturated carbocycles. The van der Waals surface area contributed by atoms with Crippen LogP contribution in [0, 0.1) is 0 Å². The Labute approximate surface area is 130 Å². The lowest BCUT2D eigenvalue weighted by atomic mass is 10.1. The Balaban J connectivity index is 0.000000690. The molecule has 0 saturated heterocycles. The van der Waals surface area contributed by atoms with E-state index in [1.807, 2.05) is 0 Å². The van der Waals surface area contributed by atoms with Gasteiger partial charge in [0, 0.05) is 25.0 Å². The van der Waals surface area contributed by atoms with E-state index >= 15 is 0 Å². The van der Waals surface area contributed by atoms with Crippen LogP contribution in [0.4, 0.5) is 0 Å². The van der Waals surface area contributed by atoms with Crippen molar-refractivity contribution in [2.75, 3.05) is 6.26 Å². The Bertz CT molecular complexity index is 464. The van der Waals surface area contributed by atoms with E-state index in [9.17, 15) is 8.42 Å². The molecule has 122 valence electrons. The molecular formula is C16H30NO3S+. The van der Waals surface area contributed by atoms with Gasteiger partial charge >= 0.3 is 0 Å². The van der Waals surface area contributed by atoms with Crippen LogP contribution in [0.2, 0.25) is 0 Å². The van der Waals surface area contributed by atoms with Crippen LogP contribution >= 0.6 is 0 Å². The summed E-state index contributed by atoms with van der Waals surface area (Å²) in [7, 11) is -3.67. The van der Waals surface area contributed by atoms with Crippen LogP contribution in [0.3, 0.4) is 0 Å². The summed E-state index contributed by atoms with van der Waals surface area (Å²) in [6.07, 6.45) is 12.3. The van der Waals surface area contributed by atoms with Gasteiger partial charge in [0.25, 0.3) is 10.1 Å². The van der Waals surface area contributed by atoms with E-state index in [1.54, 1.807) is 0 Å². The Morgan fingerprint density at radius 1 is 1.05 bits per heavy atom. The van der Waals surface area contributed by atoms with Crippen LogP contribution in [-0.2, 0) is 23.1 Å². The highest BCUT2D eigenvalue weighted by Gasteiger charge is 2.05. The summed E-state index contributed by atoms with van der Waals surface area (Å²) >= 11 is 0. The van der Waals surface area contributed by atoms with Crippen molar-refractivity contribution < 1.29 is 17.5 Å². The maximum Gasteiger partial charge on any atom is 0.261 e. The predicted molar refractivity (Wildman–Crippen MR) is 86.9 cm³/mol. The Morgan fingerprint density at radius 2 is 1.62 bits per heavy atom. The van der Waals surface area contributed by atoms with E-state index in [-0.39, 0.29) is 0 Å². The largest absolute Gasteiger partial charge is 0.286 e. The zero-order valence-electron chi connectivity index (χ0n) is 13.6. The minimum Gasteiger partial charge on any atom is -0.286 e. The summed E-state index contributed by atoms with van der Waals surface area (Å²) in [4.78, 5) is 0. The fraction of sp³-hybridized carbons (Fsp3) is 0.688. The van der Waals surface area contributed by atoms with Crippen molar-refractivity contribution >= 4 is 10.1 Å². The van der Waals surface area contributed by atoms with Gasteiger partial charge in [-0.15, -0.1) is 0 Å². The Morgan fingerprint density at radius 3 is 2.19 bits per heavy atom. The van der Waals surface area contributed by atoms with Crippen molar-refractivity contribution in [3.63, 3.8) is 0 Å². The van der Waals surface area contributed by atoms with Gasteiger partial charge in [-0.05, 0) is 6.42 Å². The summed E-state index contributed by atoms with van der Waals surface area (Å²) in [5.74, 6) is 0. The SMILES string of the molecule is CCCCCCCC[n+]1ccccc1CC.CS(=O)(=O)O. The van der Waals surface area contributed by atoms with Crippen molar-refractivity contribution in [3.05, 3.63) is 30.1 Å². The molecule has 0 bridgehead atoms. The van der Waals surface area contributed by atoms with Crippen LogP contribution in [-0.4, -0.2) is 19.2 Å². The van der Waals surface area contributed by atoms with Crippen molar-refractivity contribution in [3.8, 4) is 0 Å². The molecule has 1 aromatic rings. The van der Waals surface area contributed by atoms with Gasteiger partial charge in [0.1, 0.15) is 6.54 Å². The van der Waals surface area contributed by atoms with Crippen molar-refractivity contribution in [2.24, 2.45) is 0 Å². The van der Waals surface area contributed by atoms with Crippen molar-refractivity contribution in [1.29, 1.82) is 0 Å². The molecule has 0 radical (unpaired) electrons. The summed E-state index contributed by atoms with van der Waals surface area (Å²) in [6.45, 7) is 5.69. The number of hydrogen-bond acceptors (Lipinski definition) is 2. The highest BCUT2D eigenvalue weighted by atomic mass is 32.2. The maximum atomic E-state index is 9.19. The fourth-order valence-corrected chi connectivity index (χ4v) is 2.11. The monoisotopic (exact) mass is 316 g/mol. The van der Waals surface area contributed by atoms with Crippen LogP contribution in [0.25, 0.3) is 0 Å². The van der Waals surface area contributed by atoms with E-state index in [2.05, 4.69) is 42.8 Å². The normalized spacial score (nSPS) is 10.9.